The number of unbranched alkanes of at least 4 members (excludes halogenated alkanes) is 1. The van der Waals surface area contributed by atoms with Crippen molar-refractivity contribution in [2.24, 2.45) is 10.7 Å². The molecule has 92 valence electrons. The summed E-state index contributed by atoms with van der Waals surface area (Å²) in [7, 11) is 0. The van der Waals surface area contributed by atoms with E-state index in [1.54, 1.807) is 0 Å². The molecule has 1 atom stereocenters. The Morgan fingerprint density at radius 2 is 2.12 bits per heavy atom. The summed E-state index contributed by atoms with van der Waals surface area (Å²) in [6.45, 7) is 3.40. The van der Waals surface area contributed by atoms with Gasteiger partial charge in [0.05, 0.1) is 6.54 Å². The van der Waals surface area contributed by atoms with Crippen LogP contribution in [0.1, 0.15) is 31.5 Å². The van der Waals surface area contributed by atoms with Gasteiger partial charge in [0.1, 0.15) is 0 Å². The van der Waals surface area contributed by atoms with Crippen molar-refractivity contribution in [3.8, 4) is 0 Å². The standard InChI is InChI=1S/C13H19N3O/c1-2-3-9-16-13(15-12(10-14)17-16)11-7-5-4-6-8-11/h4-8,13H,2-3,9-10,14H2,1H3/t13-/m0/s1. The fraction of sp³-hybridized carbons (Fsp3) is 0.462. The zero-order chi connectivity index (χ0) is 12.1. The Labute approximate surface area is 102 Å². The fourth-order valence-corrected chi connectivity index (χ4v) is 1.85. The lowest BCUT2D eigenvalue weighted by molar-refractivity contribution is -0.0862. The molecule has 0 amide bonds. The van der Waals surface area contributed by atoms with Gasteiger partial charge in [-0.25, -0.2) is 4.99 Å². The van der Waals surface area contributed by atoms with Crippen LogP contribution in [0.2, 0.25) is 0 Å². The summed E-state index contributed by atoms with van der Waals surface area (Å²) in [5, 5.41) is 1.92. The van der Waals surface area contributed by atoms with Crippen LogP contribution in [-0.4, -0.2) is 24.1 Å². The second-order valence-corrected chi connectivity index (χ2v) is 4.10. The summed E-state index contributed by atoms with van der Waals surface area (Å²) >= 11 is 0. The first-order valence-electron chi connectivity index (χ1n) is 6.11. The second kappa shape index (κ2) is 5.80. The van der Waals surface area contributed by atoms with Crippen molar-refractivity contribution >= 4 is 5.90 Å². The van der Waals surface area contributed by atoms with E-state index in [9.17, 15) is 0 Å². The van der Waals surface area contributed by atoms with E-state index in [0.717, 1.165) is 24.9 Å². The van der Waals surface area contributed by atoms with Gasteiger partial charge in [-0.1, -0.05) is 43.7 Å². The third-order valence-corrected chi connectivity index (χ3v) is 2.77. The molecule has 0 bridgehead atoms. The number of nitrogens with zero attached hydrogens (tertiary/aromatic N) is 2. The topological polar surface area (TPSA) is 50.9 Å². The first kappa shape index (κ1) is 12.1. The zero-order valence-electron chi connectivity index (χ0n) is 10.2. The minimum atomic E-state index is -0.0405. The van der Waals surface area contributed by atoms with Gasteiger partial charge >= 0.3 is 0 Å². The van der Waals surface area contributed by atoms with E-state index in [1.807, 2.05) is 23.3 Å². The molecule has 4 heteroatoms. The highest BCUT2D eigenvalue weighted by atomic mass is 16.7. The van der Waals surface area contributed by atoms with Crippen molar-refractivity contribution in [1.82, 2.24) is 5.06 Å². The largest absolute Gasteiger partial charge is 0.387 e. The molecule has 17 heavy (non-hydrogen) atoms. The minimum absolute atomic E-state index is 0.0405. The normalized spacial score (nSPS) is 20.1. The highest BCUT2D eigenvalue weighted by Crippen LogP contribution is 2.27. The SMILES string of the molecule is CCCCN1OC(CN)=N[C@@H]1c1ccccc1. The lowest BCUT2D eigenvalue weighted by Crippen LogP contribution is -2.26. The van der Waals surface area contributed by atoms with Crippen molar-refractivity contribution in [1.29, 1.82) is 0 Å². The Morgan fingerprint density at radius 1 is 1.35 bits per heavy atom. The van der Waals surface area contributed by atoms with Crippen molar-refractivity contribution in [2.45, 2.75) is 25.9 Å². The summed E-state index contributed by atoms with van der Waals surface area (Å²) in [4.78, 5) is 10.1. The number of hydrogen-bond acceptors (Lipinski definition) is 4. The monoisotopic (exact) mass is 233 g/mol. The van der Waals surface area contributed by atoms with Crippen LogP contribution in [0, 0.1) is 0 Å². The molecule has 0 saturated carbocycles. The smallest absolute Gasteiger partial charge is 0.225 e. The van der Waals surface area contributed by atoms with Crippen LogP contribution in [0.25, 0.3) is 0 Å². The maximum Gasteiger partial charge on any atom is 0.225 e. The van der Waals surface area contributed by atoms with E-state index in [2.05, 4.69) is 24.0 Å². The van der Waals surface area contributed by atoms with Gasteiger partial charge in [0.2, 0.25) is 5.90 Å². The average molecular weight is 233 g/mol. The second-order valence-electron chi connectivity index (χ2n) is 4.10. The Kier molecular flexibility index (Phi) is 4.12. The van der Waals surface area contributed by atoms with Crippen LogP contribution >= 0.6 is 0 Å². The maximum absolute atomic E-state index is 5.64. The van der Waals surface area contributed by atoms with Crippen LogP contribution in [0.5, 0.6) is 0 Å². The van der Waals surface area contributed by atoms with E-state index in [0.29, 0.717) is 12.4 Å². The molecular weight excluding hydrogens is 214 g/mol. The molecule has 2 rings (SSSR count). The van der Waals surface area contributed by atoms with Gasteiger partial charge in [-0.3, -0.25) is 0 Å². The molecule has 1 aliphatic heterocycles. The molecule has 4 nitrogen and oxygen atoms in total. The molecule has 1 aromatic carbocycles. The lowest BCUT2D eigenvalue weighted by atomic mass is 10.1. The van der Waals surface area contributed by atoms with Crippen molar-refractivity contribution in [2.75, 3.05) is 13.1 Å². The van der Waals surface area contributed by atoms with Gasteiger partial charge in [-0.15, -0.1) is 5.06 Å². The van der Waals surface area contributed by atoms with Crippen molar-refractivity contribution in [3.05, 3.63) is 35.9 Å². The molecule has 1 heterocycles. The molecule has 0 aliphatic carbocycles. The Balaban J connectivity index is 2.13. The summed E-state index contributed by atoms with van der Waals surface area (Å²) < 4.78 is 0. The van der Waals surface area contributed by atoms with Gasteiger partial charge < -0.3 is 10.6 Å². The molecule has 0 spiro atoms. The summed E-state index contributed by atoms with van der Waals surface area (Å²) in [6, 6.07) is 10.2. The molecular formula is C13H19N3O. The molecule has 0 unspecified atom stereocenters. The maximum atomic E-state index is 5.64. The van der Waals surface area contributed by atoms with E-state index >= 15 is 0 Å². The van der Waals surface area contributed by atoms with Crippen LogP contribution in [0.4, 0.5) is 0 Å². The van der Waals surface area contributed by atoms with Crippen molar-refractivity contribution in [3.63, 3.8) is 0 Å². The summed E-state index contributed by atoms with van der Waals surface area (Å²) in [5.41, 5.74) is 6.73. The quantitative estimate of drug-likeness (QED) is 0.847. The Bertz CT molecular complexity index is 378. The predicted octanol–water partition coefficient (Wildman–Crippen LogP) is 2.09. The van der Waals surface area contributed by atoms with E-state index in [4.69, 9.17) is 10.6 Å². The third-order valence-electron chi connectivity index (χ3n) is 2.77. The first-order chi connectivity index (χ1) is 8.35. The number of rotatable bonds is 5. The van der Waals surface area contributed by atoms with E-state index < -0.39 is 0 Å². The van der Waals surface area contributed by atoms with Crippen molar-refractivity contribution < 1.29 is 4.84 Å². The lowest BCUT2D eigenvalue weighted by Gasteiger charge is -2.21. The van der Waals surface area contributed by atoms with E-state index in [1.165, 1.54) is 0 Å². The summed E-state index contributed by atoms with van der Waals surface area (Å²) in [6.07, 6.45) is 2.19. The molecule has 0 fully saturated rings. The number of hydrogen-bond donors (Lipinski definition) is 1. The van der Waals surface area contributed by atoms with Gasteiger partial charge in [0, 0.05) is 6.54 Å². The number of nitrogens with two attached hydrogens (primary N) is 1. The number of benzene rings is 1. The zero-order valence-corrected chi connectivity index (χ0v) is 10.2. The molecule has 1 aliphatic rings. The van der Waals surface area contributed by atoms with Crippen LogP contribution in [-0.2, 0) is 4.84 Å². The Hall–Kier alpha value is -1.39. The highest BCUT2D eigenvalue weighted by molar-refractivity contribution is 5.79. The highest BCUT2D eigenvalue weighted by Gasteiger charge is 2.28. The van der Waals surface area contributed by atoms with Crippen LogP contribution < -0.4 is 5.73 Å². The third kappa shape index (κ3) is 2.84. The molecule has 1 aromatic rings. The van der Waals surface area contributed by atoms with Gasteiger partial charge in [0.25, 0.3) is 0 Å². The van der Waals surface area contributed by atoms with Gasteiger partial charge in [-0.05, 0) is 12.0 Å². The van der Waals surface area contributed by atoms with E-state index in [-0.39, 0.29) is 6.17 Å². The van der Waals surface area contributed by atoms with Crippen LogP contribution in [0.15, 0.2) is 35.3 Å². The Morgan fingerprint density at radius 3 is 2.76 bits per heavy atom. The summed E-state index contributed by atoms with van der Waals surface area (Å²) in [5.74, 6) is 0.620. The molecule has 0 radical (unpaired) electrons. The average Bonchev–Trinajstić information content (AvgIpc) is 2.80. The molecule has 2 N–H and O–H groups in total. The fourth-order valence-electron chi connectivity index (χ4n) is 1.85. The number of hydroxylamine groups is 2. The predicted molar refractivity (Wildman–Crippen MR) is 68.4 cm³/mol. The van der Waals surface area contributed by atoms with Gasteiger partial charge in [0.15, 0.2) is 6.17 Å². The molecule has 0 aromatic heterocycles. The first-order valence-corrected chi connectivity index (χ1v) is 6.11. The number of aliphatic imine (C=N–C) groups is 1. The van der Waals surface area contributed by atoms with Gasteiger partial charge in [-0.2, -0.15) is 0 Å². The van der Waals surface area contributed by atoms with Crippen LogP contribution in [0.3, 0.4) is 0 Å². The minimum Gasteiger partial charge on any atom is -0.387 e. The molecule has 0 saturated heterocycles.